The highest BCUT2D eigenvalue weighted by molar-refractivity contribution is 5.91. The van der Waals surface area contributed by atoms with Gasteiger partial charge in [-0.25, -0.2) is 0 Å². The lowest BCUT2D eigenvalue weighted by molar-refractivity contribution is -0.124. The lowest BCUT2D eigenvalue weighted by atomic mass is 9.92. The monoisotopic (exact) mass is 227 g/mol. The Kier molecular flexibility index (Phi) is 3.66. The molecule has 0 saturated heterocycles. The van der Waals surface area contributed by atoms with Gasteiger partial charge < -0.3 is 19.9 Å². The number of hydrogen-bond donors (Lipinski definition) is 2. The molecule has 0 radical (unpaired) electrons. The van der Waals surface area contributed by atoms with Crippen molar-refractivity contribution in [3.63, 3.8) is 0 Å². The molecule has 2 atom stereocenters. The molecule has 0 unspecified atom stereocenters. The fourth-order valence-electron chi connectivity index (χ4n) is 2.01. The second-order valence-corrected chi connectivity index (χ2v) is 4.13. The molecule has 1 amide bonds. The molecular weight excluding hydrogens is 210 g/mol. The normalized spacial score (nSPS) is 29.7. The van der Waals surface area contributed by atoms with E-state index in [-0.39, 0.29) is 17.7 Å². The quantitative estimate of drug-likeness (QED) is 0.711. The smallest absolute Gasteiger partial charge is 0.289 e. The summed E-state index contributed by atoms with van der Waals surface area (Å²) in [6.07, 6.45) is 4.52. The van der Waals surface area contributed by atoms with Crippen molar-refractivity contribution in [1.29, 1.82) is 0 Å². The number of carbonyl (C=O) groups is 1. The Hall–Kier alpha value is -1.23. The first-order valence-corrected chi connectivity index (χ1v) is 5.71. The second-order valence-electron chi connectivity index (χ2n) is 4.13. The molecule has 1 fully saturated rings. The second kappa shape index (κ2) is 5.21. The third-order valence-corrected chi connectivity index (χ3v) is 2.92. The van der Waals surface area contributed by atoms with Gasteiger partial charge in [0.15, 0.2) is 0 Å². The van der Waals surface area contributed by atoms with Gasteiger partial charge >= 0.3 is 0 Å². The number of nitrogens with one attached hydrogen (secondary N) is 1. The van der Waals surface area contributed by atoms with Crippen LogP contribution in [0.2, 0.25) is 0 Å². The van der Waals surface area contributed by atoms with E-state index in [2.05, 4.69) is 5.32 Å². The van der Waals surface area contributed by atoms with Crippen molar-refractivity contribution in [2.75, 3.05) is 13.2 Å². The topological polar surface area (TPSA) is 67.8 Å². The summed E-state index contributed by atoms with van der Waals surface area (Å²) in [5, 5.41) is 12.5. The summed E-state index contributed by atoms with van der Waals surface area (Å²) in [5.74, 6) is -0.102. The number of hydrogen-bond acceptors (Lipinski definition) is 4. The zero-order chi connectivity index (χ0) is 11.4. The first kappa shape index (κ1) is 11.3. The molecule has 5 heteroatoms. The third kappa shape index (κ3) is 2.66. The Labute approximate surface area is 94.4 Å². The Morgan fingerprint density at radius 3 is 2.88 bits per heavy atom. The van der Waals surface area contributed by atoms with Crippen LogP contribution >= 0.6 is 0 Å². The van der Waals surface area contributed by atoms with E-state index in [4.69, 9.17) is 9.47 Å². The van der Waals surface area contributed by atoms with Gasteiger partial charge in [-0.1, -0.05) is 12.8 Å². The summed E-state index contributed by atoms with van der Waals surface area (Å²) in [6.45, 7) is 0.870. The largest absolute Gasteiger partial charge is 0.494 e. The van der Waals surface area contributed by atoms with E-state index in [9.17, 15) is 9.90 Å². The van der Waals surface area contributed by atoms with Crippen LogP contribution in [0, 0.1) is 0 Å². The fraction of sp³-hybridized carbons (Fsp3) is 0.727. The Morgan fingerprint density at radius 2 is 2.19 bits per heavy atom. The molecule has 0 aromatic carbocycles. The van der Waals surface area contributed by atoms with E-state index in [1.807, 2.05) is 0 Å². The van der Waals surface area contributed by atoms with Gasteiger partial charge in [0.1, 0.15) is 19.5 Å². The molecule has 0 bridgehead atoms. The van der Waals surface area contributed by atoms with Crippen LogP contribution in [0.1, 0.15) is 25.7 Å². The predicted octanol–water partition coefficient (Wildman–Crippen LogP) is 0.294. The molecule has 16 heavy (non-hydrogen) atoms. The molecule has 0 aromatic rings. The number of rotatable bonds is 2. The first-order chi connectivity index (χ1) is 7.77. The van der Waals surface area contributed by atoms with Crippen LogP contribution < -0.4 is 5.32 Å². The molecule has 2 aliphatic rings. The highest BCUT2D eigenvalue weighted by Crippen LogP contribution is 2.18. The first-order valence-electron chi connectivity index (χ1n) is 5.71. The highest BCUT2D eigenvalue weighted by atomic mass is 16.6. The van der Waals surface area contributed by atoms with E-state index in [1.165, 1.54) is 6.26 Å². The van der Waals surface area contributed by atoms with E-state index < -0.39 is 6.10 Å². The van der Waals surface area contributed by atoms with Crippen molar-refractivity contribution in [1.82, 2.24) is 5.32 Å². The SMILES string of the molecule is O=C(N[C@@H]1CCCC[C@H]1O)C1=COCCO1. The lowest BCUT2D eigenvalue weighted by Crippen LogP contribution is -2.46. The zero-order valence-electron chi connectivity index (χ0n) is 9.15. The maximum atomic E-state index is 11.7. The molecule has 1 aliphatic carbocycles. The van der Waals surface area contributed by atoms with Crippen molar-refractivity contribution in [2.45, 2.75) is 37.8 Å². The van der Waals surface area contributed by atoms with E-state index in [1.54, 1.807) is 0 Å². The number of ether oxygens (including phenoxy) is 2. The lowest BCUT2D eigenvalue weighted by Gasteiger charge is -2.28. The molecule has 1 heterocycles. The predicted molar refractivity (Wildman–Crippen MR) is 56.4 cm³/mol. The molecule has 90 valence electrons. The Balaban J connectivity index is 1.88. The van der Waals surface area contributed by atoms with Crippen LogP contribution in [-0.4, -0.2) is 36.4 Å². The third-order valence-electron chi connectivity index (χ3n) is 2.92. The number of aliphatic hydroxyl groups excluding tert-OH is 1. The maximum absolute atomic E-state index is 11.7. The van der Waals surface area contributed by atoms with Crippen LogP contribution in [0.15, 0.2) is 12.0 Å². The maximum Gasteiger partial charge on any atom is 0.289 e. The van der Waals surface area contributed by atoms with Crippen LogP contribution in [0.25, 0.3) is 0 Å². The molecule has 1 aliphatic heterocycles. The number of carbonyl (C=O) groups excluding carboxylic acids is 1. The van der Waals surface area contributed by atoms with Gasteiger partial charge in [-0.2, -0.15) is 0 Å². The van der Waals surface area contributed by atoms with E-state index >= 15 is 0 Å². The molecule has 0 aromatic heterocycles. The summed E-state index contributed by atoms with van der Waals surface area (Å²) >= 11 is 0. The van der Waals surface area contributed by atoms with E-state index in [0.717, 1.165) is 25.7 Å². The van der Waals surface area contributed by atoms with Crippen LogP contribution in [0.5, 0.6) is 0 Å². The summed E-state index contributed by atoms with van der Waals surface area (Å²) < 4.78 is 10.2. The van der Waals surface area contributed by atoms with Gasteiger partial charge in [0.05, 0.1) is 12.1 Å². The average Bonchev–Trinajstić information content (AvgIpc) is 2.33. The summed E-state index contributed by atoms with van der Waals surface area (Å²) in [7, 11) is 0. The molecule has 2 N–H and O–H groups in total. The van der Waals surface area contributed by atoms with Gasteiger partial charge in [0.2, 0.25) is 5.76 Å². The van der Waals surface area contributed by atoms with E-state index in [0.29, 0.717) is 13.2 Å². The van der Waals surface area contributed by atoms with Crippen LogP contribution in [0.4, 0.5) is 0 Å². The molecule has 1 saturated carbocycles. The summed E-state index contributed by atoms with van der Waals surface area (Å²) in [5.41, 5.74) is 0. The Morgan fingerprint density at radius 1 is 1.38 bits per heavy atom. The average molecular weight is 227 g/mol. The summed E-state index contributed by atoms with van der Waals surface area (Å²) in [6, 6.07) is -0.160. The Bertz CT molecular complexity index is 290. The zero-order valence-corrected chi connectivity index (χ0v) is 9.15. The molecular formula is C11H17NO4. The standard InChI is InChI=1S/C11H17NO4/c13-9-4-2-1-3-8(9)12-11(14)10-7-15-5-6-16-10/h7-9,13H,1-6H2,(H,12,14)/t8-,9-/m1/s1. The number of aliphatic hydroxyl groups is 1. The minimum absolute atomic E-state index is 0.160. The highest BCUT2D eigenvalue weighted by Gasteiger charge is 2.26. The van der Waals surface area contributed by atoms with Gasteiger partial charge in [-0.15, -0.1) is 0 Å². The van der Waals surface area contributed by atoms with Crippen molar-refractivity contribution in [3.05, 3.63) is 12.0 Å². The van der Waals surface area contributed by atoms with Gasteiger partial charge in [0, 0.05) is 0 Å². The molecule has 2 rings (SSSR count). The summed E-state index contributed by atoms with van der Waals surface area (Å²) in [4.78, 5) is 11.7. The van der Waals surface area contributed by atoms with Crippen molar-refractivity contribution in [3.8, 4) is 0 Å². The van der Waals surface area contributed by atoms with Crippen molar-refractivity contribution < 1.29 is 19.4 Å². The van der Waals surface area contributed by atoms with Crippen molar-refractivity contribution in [2.24, 2.45) is 0 Å². The van der Waals surface area contributed by atoms with Gasteiger partial charge in [-0.05, 0) is 12.8 Å². The molecule has 0 spiro atoms. The fourth-order valence-corrected chi connectivity index (χ4v) is 2.01. The minimum Gasteiger partial charge on any atom is -0.494 e. The molecule has 5 nitrogen and oxygen atoms in total. The van der Waals surface area contributed by atoms with Gasteiger partial charge in [0.25, 0.3) is 5.91 Å². The van der Waals surface area contributed by atoms with Crippen LogP contribution in [0.3, 0.4) is 0 Å². The number of amides is 1. The van der Waals surface area contributed by atoms with Crippen molar-refractivity contribution >= 4 is 5.91 Å². The van der Waals surface area contributed by atoms with Gasteiger partial charge in [-0.3, -0.25) is 4.79 Å². The minimum atomic E-state index is -0.442. The van der Waals surface area contributed by atoms with Crippen LogP contribution in [-0.2, 0) is 14.3 Å².